The molecular formula is C27H20ClF3N8O2. The molecule has 5 rings (SSSR count). The molecule has 0 fully saturated rings. The summed E-state index contributed by atoms with van der Waals surface area (Å²) in [5, 5.41) is 9.46. The second-order valence-electron chi connectivity index (χ2n) is 8.71. The van der Waals surface area contributed by atoms with Crippen LogP contribution in [0.3, 0.4) is 0 Å². The summed E-state index contributed by atoms with van der Waals surface area (Å²) in [7, 11) is 1.67. The van der Waals surface area contributed by atoms with Crippen molar-refractivity contribution in [1.29, 1.82) is 0 Å². The largest absolute Gasteiger partial charge is 0.424 e. The lowest BCUT2D eigenvalue weighted by molar-refractivity contribution is -0.137. The average molecular weight is 581 g/mol. The average Bonchev–Trinajstić information content (AvgIpc) is 3.37. The van der Waals surface area contributed by atoms with Crippen LogP contribution in [0.4, 0.5) is 35.2 Å². The topological polar surface area (TPSA) is 133 Å². The molecule has 2 amide bonds. The molecule has 4 N–H and O–H groups in total. The maximum absolute atomic E-state index is 13.3. The molecule has 5 aromatic rings. The molecule has 0 saturated carbocycles. The summed E-state index contributed by atoms with van der Waals surface area (Å²) in [6.07, 6.45) is 2.56. The van der Waals surface area contributed by atoms with E-state index in [0.29, 0.717) is 33.3 Å². The van der Waals surface area contributed by atoms with Crippen LogP contribution >= 0.6 is 11.6 Å². The van der Waals surface area contributed by atoms with E-state index in [9.17, 15) is 18.0 Å². The van der Waals surface area contributed by atoms with E-state index in [-0.39, 0.29) is 17.4 Å². The third-order valence-electron chi connectivity index (χ3n) is 5.76. The molecule has 0 atom stereocenters. The number of benzene rings is 2. The molecule has 0 aliphatic heterocycles. The van der Waals surface area contributed by atoms with Crippen molar-refractivity contribution in [2.45, 2.75) is 6.18 Å². The number of hydrogen-bond acceptors (Lipinski definition) is 7. The number of rotatable bonds is 6. The molecule has 41 heavy (non-hydrogen) atoms. The number of carbonyl (C=O) groups excluding carboxylic acids is 1. The van der Waals surface area contributed by atoms with Crippen molar-refractivity contribution >= 4 is 34.8 Å². The SMILES string of the molecule is Cn1cc(-c2ccc(C(F)(F)F)cc2NC(=O)Nc2cnc(Oc3ccc(-c4cc(Cl)cnc4N)cc3)nc2)cn1. The number of halogens is 4. The van der Waals surface area contributed by atoms with Crippen LogP contribution in [0, 0.1) is 0 Å². The lowest BCUT2D eigenvalue weighted by atomic mass is 10.0. The van der Waals surface area contributed by atoms with E-state index in [0.717, 1.165) is 17.7 Å². The van der Waals surface area contributed by atoms with E-state index in [1.807, 2.05) is 0 Å². The third kappa shape index (κ3) is 6.53. The van der Waals surface area contributed by atoms with Crippen LogP contribution in [0.5, 0.6) is 11.8 Å². The van der Waals surface area contributed by atoms with Gasteiger partial charge in [-0.3, -0.25) is 4.68 Å². The number of carbonyl (C=O) groups is 1. The Labute approximate surface area is 236 Å². The molecule has 2 aromatic carbocycles. The summed E-state index contributed by atoms with van der Waals surface area (Å²) >= 11 is 6.01. The normalized spacial score (nSPS) is 11.2. The maximum Gasteiger partial charge on any atom is 0.416 e. The molecule has 208 valence electrons. The zero-order valence-corrected chi connectivity index (χ0v) is 21.9. The van der Waals surface area contributed by atoms with Gasteiger partial charge in [-0.05, 0) is 35.9 Å². The molecule has 0 aliphatic rings. The molecule has 3 aromatic heterocycles. The number of hydrogen-bond donors (Lipinski definition) is 3. The zero-order chi connectivity index (χ0) is 29.1. The predicted octanol–water partition coefficient (Wildman–Crippen LogP) is 6.63. The molecule has 0 saturated heterocycles. The number of nitrogens with two attached hydrogens (primary N) is 1. The minimum absolute atomic E-state index is 0.00406. The van der Waals surface area contributed by atoms with Gasteiger partial charge in [0, 0.05) is 36.1 Å². The van der Waals surface area contributed by atoms with Crippen LogP contribution in [-0.4, -0.2) is 30.8 Å². The molecule has 3 heterocycles. The summed E-state index contributed by atoms with van der Waals surface area (Å²) < 4.78 is 47.1. The fourth-order valence-corrected chi connectivity index (χ4v) is 4.00. The van der Waals surface area contributed by atoms with Crippen molar-refractivity contribution < 1.29 is 22.7 Å². The molecule has 0 bridgehead atoms. The number of urea groups is 1. The third-order valence-corrected chi connectivity index (χ3v) is 5.96. The molecule has 14 heteroatoms. The highest BCUT2D eigenvalue weighted by molar-refractivity contribution is 6.30. The quantitative estimate of drug-likeness (QED) is 0.205. The Hall–Kier alpha value is -5.17. The first kappa shape index (κ1) is 27.4. The van der Waals surface area contributed by atoms with E-state index in [4.69, 9.17) is 22.1 Å². The first-order chi connectivity index (χ1) is 19.5. The van der Waals surface area contributed by atoms with Gasteiger partial charge >= 0.3 is 18.2 Å². The first-order valence-electron chi connectivity index (χ1n) is 11.8. The van der Waals surface area contributed by atoms with Crippen LogP contribution in [0.25, 0.3) is 22.3 Å². The number of aromatic nitrogens is 5. The van der Waals surface area contributed by atoms with Crippen LogP contribution in [0.1, 0.15) is 5.56 Å². The Kier molecular flexibility index (Phi) is 7.44. The zero-order valence-electron chi connectivity index (χ0n) is 21.1. The minimum atomic E-state index is -4.59. The summed E-state index contributed by atoms with van der Waals surface area (Å²) in [6.45, 7) is 0. The first-order valence-corrected chi connectivity index (χ1v) is 12.2. The number of pyridine rings is 1. The minimum Gasteiger partial charge on any atom is -0.424 e. The van der Waals surface area contributed by atoms with Gasteiger partial charge in [0.05, 0.1) is 40.6 Å². The summed E-state index contributed by atoms with van der Waals surface area (Å²) in [6, 6.07) is 10.9. The number of nitrogens with zero attached hydrogens (tertiary/aromatic N) is 5. The summed E-state index contributed by atoms with van der Waals surface area (Å²) in [5.74, 6) is 0.771. The predicted molar refractivity (Wildman–Crippen MR) is 147 cm³/mol. The number of nitrogen functional groups attached to an aromatic ring is 1. The van der Waals surface area contributed by atoms with E-state index in [1.54, 1.807) is 43.6 Å². The second kappa shape index (κ2) is 11.1. The van der Waals surface area contributed by atoms with Crippen LogP contribution < -0.4 is 21.1 Å². The Bertz CT molecular complexity index is 1710. The molecular weight excluding hydrogens is 561 g/mol. The highest BCUT2D eigenvalue weighted by atomic mass is 35.5. The number of amides is 2. The lowest BCUT2D eigenvalue weighted by Gasteiger charge is -2.14. The molecule has 10 nitrogen and oxygen atoms in total. The Balaban J connectivity index is 1.26. The lowest BCUT2D eigenvalue weighted by Crippen LogP contribution is -2.20. The highest BCUT2D eigenvalue weighted by Crippen LogP contribution is 2.36. The van der Waals surface area contributed by atoms with Crippen molar-refractivity contribution in [3.05, 3.63) is 90.1 Å². The van der Waals surface area contributed by atoms with Gasteiger partial charge < -0.3 is 21.1 Å². The van der Waals surface area contributed by atoms with Gasteiger partial charge in [-0.2, -0.15) is 18.3 Å². The second-order valence-corrected chi connectivity index (χ2v) is 9.14. The van der Waals surface area contributed by atoms with E-state index >= 15 is 0 Å². The van der Waals surface area contributed by atoms with Gasteiger partial charge in [0.1, 0.15) is 11.6 Å². The Morgan fingerprint density at radius 3 is 2.32 bits per heavy atom. The highest BCUT2D eigenvalue weighted by Gasteiger charge is 2.31. The van der Waals surface area contributed by atoms with E-state index in [2.05, 4.69) is 30.7 Å². The van der Waals surface area contributed by atoms with Gasteiger partial charge in [-0.15, -0.1) is 0 Å². The van der Waals surface area contributed by atoms with E-state index < -0.39 is 17.8 Å². The van der Waals surface area contributed by atoms with Gasteiger partial charge in [0.2, 0.25) is 0 Å². The van der Waals surface area contributed by atoms with Crippen molar-refractivity contribution in [3.8, 4) is 34.0 Å². The summed E-state index contributed by atoms with van der Waals surface area (Å²) in [4.78, 5) is 24.9. The Morgan fingerprint density at radius 2 is 1.66 bits per heavy atom. The maximum atomic E-state index is 13.3. The van der Waals surface area contributed by atoms with Crippen LogP contribution in [0.15, 0.2) is 79.5 Å². The van der Waals surface area contributed by atoms with Gasteiger partial charge in [-0.25, -0.2) is 19.7 Å². The smallest absolute Gasteiger partial charge is 0.416 e. The number of anilines is 3. The van der Waals surface area contributed by atoms with Gasteiger partial charge in [0.15, 0.2) is 0 Å². The van der Waals surface area contributed by atoms with Gasteiger partial charge in [0.25, 0.3) is 0 Å². The summed E-state index contributed by atoms with van der Waals surface area (Å²) in [5.41, 5.74) is 7.50. The standard InChI is InChI=1S/C27H20ClF3N8O2/c1-39-14-16(10-36-39)21-7-4-17(27(29,30)31)8-23(21)38-25(40)37-19-12-34-26(35-13-19)41-20-5-2-15(3-6-20)22-9-18(28)11-33-24(22)32/h2-14H,1H3,(H2,32,33)(H2,37,38,40). The van der Waals surface area contributed by atoms with Gasteiger partial charge in [-0.1, -0.05) is 29.8 Å². The molecule has 0 aliphatic carbocycles. The monoisotopic (exact) mass is 580 g/mol. The number of alkyl halides is 3. The number of nitrogens with one attached hydrogen (secondary N) is 2. The van der Waals surface area contributed by atoms with Crippen LogP contribution in [-0.2, 0) is 13.2 Å². The Morgan fingerprint density at radius 1 is 0.927 bits per heavy atom. The fourth-order valence-electron chi connectivity index (χ4n) is 3.84. The molecule has 0 unspecified atom stereocenters. The van der Waals surface area contributed by atoms with E-state index in [1.165, 1.54) is 35.5 Å². The molecule has 0 spiro atoms. The van der Waals surface area contributed by atoms with Crippen molar-refractivity contribution in [2.75, 3.05) is 16.4 Å². The van der Waals surface area contributed by atoms with Crippen molar-refractivity contribution in [2.24, 2.45) is 7.05 Å². The van der Waals surface area contributed by atoms with Crippen molar-refractivity contribution in [3.63, 3.8) is 0 Å². The van der Waals surface area contributed by atoms with Crippen LogP contribution in [0.2, 0.25) is 5.02 Å². The molecule has 0 radical (unpaired) electrons. The number of ether oxygens (including phenoxy) is 1. The number of aryl methyl sites for hydroxylation is 1. The van der Waals surface area contributed by atoms with Crippen molar-refractivity contribution in [1.82, 2.24) is 24.7 Å². The fraction of sp³-hybridized carbons (Fsp3) is 0.0741.